The maximum atomic E-state index is 15.7. The van der Waals surface area contributed by atoms with E-state index in [0.717, 1.165) is 6.20 Å². The van der Waals surface area contributed by atoms with Crippen LogP contribution in [0.2, 0.25) is 0 Å². The van der Waals surface area contributed by atoms with Gasteiger partial charge in [-0.25, -0.2) is 13.6 Å². The van der Waals surface area contributed by atoms with Crippen molar-refractivity contribution >= 4 is 28.2 Å². The molecule has 0 amide bonds. The van der Waals surface area contributed by atoms with E-state index in [4.69, 9.17) is 10.5 Å². The van der Waals surface area contributed by atoms with Crippen LogP contribution < -0.4 is 21.4 Å². The second-order valence-corrected chi connectivity index (χ2v) is 7.80. The normalized spacial score (nSPS) is 24.1. The minimum atomic E-state index is -1.46. The fourth-order valence-corrected chi connectivity index (χ4v) is 4.40. The number of nitrogen functional groups attached to an aromatic ring is 1. The van der Waals surface area contributed by atoms with E-state index in [-0.39, 0.29) is 35.9 Å². The van der Waals surface area contributed by atoms with E-state index in [0.29, 0.717) is 32.5 Å². The third-order valence-electron chi connectivity index (χ3n) is 5.96. The van der Waals surface area contributed by atoms with E-state index < -0.39 is 39.7 Å². The van der Waals surface area contributed by atoms with E-state index in [9.17, 15) is 14.7 Å². The number of carboxylic acid groups (broad SMARTS) is 1. The molecule has 8 nitrogen and oxygen atoms in total. The summed E-state index contributed by atoms with van der Waals surface area (Å²) in [5, 5.41) is 12.2. The van der Waals surface area contributed by atoms with Gasteiger partial charge in [0, 0.05) is 31.9 Å². The van der Waals surface area contributed by atoms with Gasteiger partial charge in [-0.1, -0.05) is 0 Å². The molecular formula is C19H20F2N4O4. The minimum absolute atomic E-state index is 0.0560. The van der Waals surface area contributed by atoms with Crippen LogP contribution in [0.15, 0.2) is 11.0 Å². The van der Waals surface area contributed by atoms with Crippen molar-refractivity contribution in [1.29, 1.82) is 0 Å². The fraction of sp³-hybridized carbons (Fsp3) is 0.474. The average molecular weight is 406 g/mol. The van der Waals surface area contributed by atoms with Crippen LogP contribution >= 0.6 is 0 Å². The van der Waals surface area contributed by atoms with Crippen molar-refractivity contribution < 1.29 is 23.4 Å². The number of ether oxygens (including phenoxy) is 1. The molecule has 29 heavy (non-hydrogen) atoms. The topological polar surface area (TPSA) is 110 Å². The first-order valence-corrected chi connectivity index (χ1v) is 9.57. The zero-order chi connectivity index (χ0) is 20.4. The number of nitrogens with two attached hydrogens (primary N) is 1. The molecule has 1 aromatic carbocycles. The van der Waals surface area contributed by atoms with Gasteiger partial charge in [-0.15, -0.1) is 0 Å². The third kappa shape index (κ3) is 2.70. The number of aromatic nitrogens is 1. The molecule has 1 saturated carbocycles. The summed E-state index contributed by atoms with van der Waals surface area (Å²) in [6, 6.07) is -0.200. The van der Waals surface area contributed by atoms with E-state index in [1.54, 1.807) is 4.90 Å². The minimum Gasteiger partial charge on any atom is -0.477 e. The van der Waals surface area contributed by atoms with Gasteiger partial charge in [0.05, 0.1) is 35.3 Å². The SMILES string of the molecule is Nc1c(F)c(N2C[C@@H]3OCCN[C@@H]3C2)c(F)c2c1c(=O)c(C(=O)O)cn2C1CC1. The van der Waals surface area contributed by atoms with Gasteiger partial charge in [-0.05, 0) is 12.8 Å². The molecule has 0 unspecified atom stereocenters. The molecule has 154 valence electrons. The summed E-state index contributed by atoms with van der Waals surface area (Å²) < 4.78 is 38.0. The third-order valence-corrected chi connectivity index (χ3v) is 5.96. The first-order valence-electron chi connectivity index (χ1n) is 9.57. The van der Waals surface area contributed by atoms with Crippen molar-refractivity contribution in [2.24, 2.45) is 0 Å². The van der Waals surface area contributed by atoms with Gasteiger partial charge in [-0.2, -0.15) is 0 Å². The first-order chi connectivity index (χ1) is 13.9. The van der Waals surface area contributed by atoms with E-state index in [2.05, 4.69) is 5.32 Å². The van der Waals surface area contributed by atoms with Crippen LogP contribution in [0.1, 0.15) is 29.2 Å². The highest BCUT2D eigenvalue weighted by molar-refractivity contribution is 5.99. The van der Waals surface area contributed by atoms with E-state index in [1.165, 1.54) is 4.57 Å². The summed E-state index contributed by atoms with van der Waals surface area (Å²) in [6.07, 6.45) is 2.38. The Hall–Kier alpha value is -2.72. The lowest BCUT2D eigenvalue weighted by Gasteiger charge is -2.25. The van der Waals surface area contributed by atoms with Crippen LogP contribution in [0.4, 0.5) is 20.2 Å². The number of morpholine rings is 1. The predicted molar refractivity (Wildman–Crippen MR) is 102 cm³/mol. The van der Waals surface area contributed by atoms with Gasteiger partial charge >= 0.3 is 5.97 Å². The number of hydrogen-bond acceptors (Lipinski definition) is 6. The molecule has 2 atom stereocenters. The van der Waals surface area contributed by atoms with Crippen LogP contribution in [0, 0.1) is 11.6 Å². The Balaban J connectivity index is 1.75. The van der Waals surface area contributed by atoms with Crippen molar-refractivity contribution in [2.45, 2.75) is 31.0 Å². The second kappa shape index (κ2) is 6.39. The molecule has 1 aliphatic carbocycles. The Morgan fingerprint density at radius 2 is 2.03 bits per heavy atom. The zero-order valence-corrected chi connectivity index (χ0v) is 15.5. The Morgan fingerprint density at radius 1 is 1.28 bits per heavy atom. The molecule has 3 fully saturated rings. The monoisotopic (exact) mass is 406 g/mol. The maximum absolute atomic E-state index is 15.7. The number of halogens is 2. The van der Waals surface area contributed by atoms with Crippen molar-refractivity contribution in [3.63, 3.8) is 0 Å². The number of aromatic carboxylic acids is 1. The van der Waals surface area contributed by atoms with Gasteiger partial charge < -0.3 is 30.4 Å². The number of rotatable bonds is 3. The summed E-state index contributed by atoms with van der Waals surface area (Å²) in [6.45, 7) is 1.82. The molecule has 1 aromatic heterocycles. The van der Waals surface area contributed by atoms with Crippen molar-refractivity contribution in [1.82, 2.24) is 9.88 Å². The molecule has 2 aliphatic heterocycles. The number of carboxylic acids is 1. The van der Waals surface area contributed by atoms with Crippen LogP contribution in [0.5, 0.6) is 0 Å². The van der Waals surface area contributed by atoms with Crippen LogP contribution in [-0.4, -0.2) is 54.0 Å². The number of pyridine rings is 1. The molecule has 0 bridgehead atoms. The number of benzene rings is 1. The summed E-state index contributed by atoms with van der Waals surface area (Å²) in [7, 11) is 0. The number of anilines is 2. The van der Waals surface area contributed by atoms with Crippen molar-refractivity contribution in [3.8, 4) is 0 Å². The number of nitrogens with zero attached hydrogens (tertiary/aromatic N) is 2. The molecule has 10 heteroatoms. The molecule has 2 aromatic rings. The molecule has 0 radical (unpaired) electrons. The van der Waals surface area contributed by atoms with Gasteiger partial charge in [0.25, 0.3) is 0 Å². The highest BCUT2D eigenvalue weighted by Gasteiger charge is 2.39. The zero-order valence-electron chi connectivity index (χ0n) is 15.5. The first kappa shape index (κ1) is 18.3. The largest absolute Gasteiger partial charge is 0.477 e. The molecule has 2 saturated heterocycles. The molecule has 4 N–H and O–H groups in total. The average Bonchev–Trinajstić information content (AvgIpc) is 3.44. The lowest BCUT2D eigenvalue weighted by Crippen LogP contribution is -2.47. The number of hydrogen-bond donors (Lipinski definition) is 3. The quantitative estimate of drug-likeness (QED) is 0.654. The Kier molecular flexibility index (Phi) is 4.04. The molecule has 3 aliphatic rings. The van der Waals surface area contributed by atoms with Crippen molar-refractivity contribution in [3.05, 3.63) is 33.6 Å². The van der Waals surface area contributed by atoms with Crippen LogP contribution in [-0.2, 0) is 4.74 Å². The molecule has 5 rings (SSSR count). The predicted octanol–water partition coefficient (Wildman–Crippen LogP) is 1.07. The standard InChI is InChI=1S/C19H20F2N4O4/c20-13-15(22)12-16(25(8-1-2-8)5-9(18(12)26)19(27)28)14(21)17(13)24-6-10-11(7-24)29-4-3-23-10/h5,8,10-11,23H,1-4,6-7,22H2,(H,27,28)/t10-,11+/m1/s1. The fourth-order valence-electron chi connectivity index (χ4n) is 4.40. The van der Waals surface area contributed by atoms with Crippen molar-refractivity contribution in [2.75, 3.05) is 36.9 Å². The highest BCUT2D eigenvalue weighted by Crippen LogP contribution is 2.42. The van der Waals surface area contributed by atoms with Gasteiger partial charge in [0.1, 0.15) is 11.3 Å². The molecular weight excluding hydrogens is 386 g/mol. The highest BCUT2D eigenvalue weighted by atomic mass is 19.1. The van der Waals surface area contributed by atoms with Crippen LogP contribution in [0.25, 0.3) is 10.9 Å². The maximum Gasteiger partial charge on any atom is 0.341 e. The lowest BCUT2D eigenvalue weighted by molar-refractivity contribution is 0.0212. The number of carbonyl (C=O) groups is 1. The number of nitrogens with one attached hydrogen (secondary N) is 1. The van der Waals surface area contributed by atoms with Gasteiger partial charge in [0.15, 0.2) is 11.6 Å². The Labute approximate surface area is 163 Å². The van der Waals surface area contributed by atoms with Gasteiger partial charge in [0.2, 0.25) is 5.43 Å². The summed E-state index contributed by atoms with van der Waals surface area (Å²) >= 11 is 0. The lowest BCUT2D eigenvalue weighted by atomic mass is 10.1. The van der Waals surface area contributed by atoms with E-state index in [1.807, 2.05) is 0 Å². The van der Waals surface area contributed by atoms with Gasteiger partial charge in [-0.3, -0.25) is 4.79 Å². The smallest absolute Gasteiger partial charge is 0.341 e. The number of fused-ring (bicyclic) bond motifs is 2. The summed E-state index contributed by atoms with van der Waals surface area (Å²) in [5.74, 6) is -3.40. The Morgan fingerprint density at radius 3 is 2.69 bits per heavy atom. The van der Waals surface area contributed by atoms with Crippen LogP contribution in [0.3, 0.4) is 0 Å². The molecule has 3 heterocycles. The Bertz CT molecular complexity index is 1080. The van der Waals surface area contributed by atoms with E-state index >= 15 is 8.78 Å². The second-order valence-electron chi connectivity index (χ2n) is 7.80. The molecule has 0 spiro atoms. The summed E-state index contributed by atoms with van der Waals surface area (Å²) in [4.78, 5) is 25.7. The summed E-state index contributed by atoms with van der Waals surface area (Å²) in [5.41, 5.74) is 3.45.